The van der Waals surface area contributed by atoms with E-state index in [2.05, 4.69) is 11.9 Å². The van der Waals surface area contributed by atoms with Gasteiger partial charge in [-0.25, -0.2) is 8.42 Å². The maximum absolute atomic E-state index is 12.7. The summed E-state index contributed by atoms with van der Waals surface area (Å²) in [5.74, 6) is 1.51. The Balaban J connectivity index is 1.70. The fourth-order valence-corrected chi connectivity index (χ4v) is 5.71. The van der Waals surface area contributed by atoms with Gasteiger partial charge in [0, 0.05) is 16.7 Å². The van der Waals surface area contributed by atoms with Gasteiger partial charge >= 0.3 is 0 Å². The van der Waals surface area contributed by atoms with Crippen molar-refractivity contribution in [3.05, 3.63) is 61.1 Å². The molecule has 0 aliphatic carbocycles. The van der Waals surface area contributed by atoms with E-state index in [9.17, 15) is 13.2 Å². The Hall–Kier alpha value is -2.03. The Labute approximate surface area is 169 Å². The molecule has 8 heteroatoms. The van der Waals surface area contributed by atoms with Crippen molar-refractivity contribution in [2.45, 2.75) is 23.9 Å². The molecule has 1 aliphatic rings. The Bertz CT molecular complexity index is 910. The molecule has 1 aromatic carbocycles. The smallest absolute Gasteiger partial charge is 0.238 e. The van der Waals surface area contributed by atoms with Gasteiger partial charge < -0.3 is 9.73 Å². The average molecular weight is 421 g/mol. The number of amides is 1. The lowest BCUT2D eigenvalue weighted by Gasteiger charge is -2.26. The number of benzene rings is 1. The van der Waals surface area contributed by atoms with Crippen LogP contribution in [0.5, 0.6) is 0 Å². The number of furan rings is 1. The number of rotatable bonds is 9. The van der Waals surface area contributed by atoms with Gasteiger partial charge in [-0.15, -0.1) is 18.3 Å². The van der Waals surface area contributed by atoms with Gasteiger partial charge in [0.1, 0.15) is 5.76 Å². The van der Waals surface area contributed by atoms with E-state index >= 15 is 0 Å². The van der Waals surface area contributed by atoms with Gasteiger partial charge in [0.15, 0.2) is 9.84 Å². The Kier molecular flexibility index (Phi) is 6.98. The zero-order valence-corrected chi connectivity index (χ0v) is 17.2. The number of anilines is 1. The first-order valence-corrected chi connectivity index (χ1v) is 11.9. The minimum atomic E-state index is -3.05. The normalized spacial score (nSPS) is 18.2. The van der Waals surface area contributed by atoms with Gasteiger partial charge in [0.25, 0.3) is 0 Å². The van der Waals surface area contributed by atoms with Crippen LogP contribution >= 0.6 is 11.8 Å². The molecule has 1 N–H and O–H groups in total. The summed E-state index contributed by atoms with van der Waals surface area (Å²) >= 11 is 1.60. The molecule has 0 spiro atoms. The number of thioether (sulfide) groups is 1. The highest BCUT2D eigenvalue weighted by molar-refractivity contribution is 7.99. The topological polar surface area (TPSA) is 79.6 Å². The second-order valence-corrected chi connectivity index (χ2v) is 9.98. The first-order chi connectivity index (χ1) is 13.5. The van der Waals surface area contributed by atoms with Gasteiger partial charge in [-0.3, -0.25) is 9.69 Å². The third-order valence-corrected chi connectivity index (χ3v) is 7.35. The average Bonchev–Trinajstić information content (AvgIpc) is 3.29. The number of para-hydroxylation sites is 1. The summed E-state index contributed by atoms with van der Waals surface area (Å²) in [6.45, 7) is 4.22. The summed E-state index contributed by atoms with van der Waals surface area (Å²) in [7, 11) is -3.05. The van der Waals surface area contributed by atoms with Gasteiger partial charge in [0.2, 0.25) is 5.91 Å². The summed E-state index contributed by atoms with van der Waals surface area (Å²) in [6, 6.07) is 11.0. The van der Waals surface area contributed by atoms with Gasteiger partial charge in [-0.1, -0.05) is 18.2 Å². The molecule has 1 fully saturated rings. The standard InChI is InChI=1S/C20H24N2O4S2/c1-2-11-27-19-8-4-3-7-18(19)21-20(23)14-22(13-17-6-5-10-26-17)16-9-12-28(24,25)15-16/h2-8,10,16H,1,9,11-15H2,(H,21,23). The van der Waals surface area contributed by atoms with E-state index in [4.69, 9.17) is 4.42 Å². The Morgan fingerprint density at radius 1 is 1.32 bits per heavy atom. The SMILES string of the molecule is C=CCSc1ccccc1NC(=O)CN(Cc1ccco1)C1CCS(=O)(=O)C1. The van der Waals surface area contributed by atoms with Gasteiger partial charge in [-0.05, 0) is 30.7 Å². The minimum Gasteiger partial charge on any atom is -0.468 e. The summed E-state index contributed by atoms with van der Waals surface area (Å²) in [4.78, 5) is 15.6. The van der Waals surface area contributed by atoms with Crippen molar-refractivity contribution in [1.82, 2.24) is 4.90 Å². The van der Waals surface area contributed by atoms with Crippen LogP contribution in [0.15, 0.2) is 64.6 Å². The molecular weight excluding hydrogens is 396 g/mol. The molecule has 2 heterocycles. The summed E-state index contributed by atoms with van der Waals surface area (Å²) in [6.07, 6.45) is 3.92. The number of nitrogens with one attached hydrogen (secondary N) is 1. The summed E-state index contributed by atoms with van der Waals surface area (Å²) < 4.78 is 29.2. The second-order valence-electron chi connectivity index (χ2n) is 6.69. The lowest BCUT2D eigenvalue weighted by molar-refractivity contribution is -0.118. The number of sulfone groups is 1. The predicted molar refractivity (Wildman–Crippen MR) is 112 cm³/mol. The first-order valence-electron chi connectivity index (χ1n) is 9.06. The molecule has 0 radical (unpaired) electrons. The maximum Gasteiger partial charge on any atom is 0.238 e. The molecular formula is C20H24N2O4S2. The molecule has 150 valence electrons. The summed E-state index contributed by atoms with van der Waals surface area (Å²) in [5.41, 5.74) is 0.747. The van der Waals surface area contributed by atoms with Crippen LogP contribution in [0, 0.1) is 0 Å². The molecule has 1 amide bonds. The molecule has 0 bridgehead atoms. The van der Waals surface area contributed by atoms with E-state index in [1.807, 2.05) is 41.3 Å². The fraction of sp³-hybridized carbons (Fsp3) is 0.350. The van der Waals surface area contributed by atoms with Crippen LogP contribution in [0.1, 0.15) is 12.2 Å². The second kappa shape index (κ2) is 9.45. The van der Waals surface area contributed by atoms with Gasteiger partial charge in [-0.2, -0.15) is 0 Å². The molecule has 1 aromatic heterocycles. The van der Waals surface area contributed by atoms with Crippen molar-refractivity contribution in [1.29, 1.82) is 0 Å². The van der Waals surface area contributed by atoms with Crippen LogP contribution in [-0.2, 0) is 21.2 Å². The van der Waals surface area contributed by atoms with Crippen molar-refractivity contribution in [2.24, 2.45) is 0 Å². The van der Waals surface area contributed by atoms with Crippen molar-refractivity contribution < 1.29 is 17.6 Å². The predicted octanol–water partition coefficient (Wildman–Crippen LogP) is 3.19. The lowest BCUT2D eigenvalue weighted by Crippen LogP contribution is -2.41. The summed E-state index contributed by atoms with van der Waals surface area (Å²) in [5, 5.41) is 2.96. The maximum atomic E-state index is 12.7. The van der Waals surface area contributed by atoms with E-state index in [0.717, 1.165) is 16.3 Å². The van der Waals surface area contributed by atoms with E-state index in [0.29, 0.717) is 18.7 Å². The highest BCUT2D eigenvalue weighted by Gasteiger charge is 2.33. The number of carbonyl (C=O) groups is 1. The van der Waals surface area contributed by atoms with Crippen LogP contribution in [-0.4, -0.2) is 49.1 Å². The highest BCUT2D eigenvalue weighted by atomic mass is 32.2. The van der Waals surface area contributed by atoms with E-state index in [1.165, 1.54) is 0 Å². The highest BCUT2D eigenvalue weighted by Crippen LogP contribution is 2.27. The van der Waals surface area contributed by atoms with Crippen molar-refractivity contribution >= 4 is 33.2 Å². The van der Waals surface area contributed by atoms with Crippen LogP contribution < -0.4 is 5.32 Å². The van der Waals surface area contributed by atoms with Gasteiger partial charge in [0.05, 0.1) is 36.5 Å². The number of carbonyl (C=O) groups excluding carboxylic acids is 1. The molecule has 1 saturated heterocycles. The Morgan fingerprint density at radius 2 is 2.14 bits per heavy atom. The molecule has 0 saturated carbocycles. The quantitative estimate of drug-likeness (QED) is 0.496. The molecule has 2 aromatic rings. The fourth-order valence-electron chi connectivity index (χ4n) is 3.20. The number of nitrogens with zero attached hydrogens (tertiary/aromatic N) is 1. The zero-order chi connectivity index (χ0) is 20.0. The third-order valence-electron chi connectivity index (χ3n) is 4.53. The zero-order valence-electron chi connectivity index (χ0n) is 15.5. The largest absolute Gasteiger partial charge is 0.468 e. The first kappa shape index (κ1) is 20.7. The molecule has 1 aliphatic heterocycles. The van der Waals surface area contributed by atoms with E-state index < -0.39 is 9.84 Å². The third kappa shape index (κ3) is 5.73. The van der Waals surface area contributed by atoms with Crippen molar-refractivity contribution in [2.75, 3.05) is 29.1 Å². The number of hydrogen-bond acceptors (Lipinski definition) is 6. The Morgan fingerprint density at radius 3 is 2.82 bits per heavy atom. The molecule has 6 nitrogen and oxygen atoms in total. The lowest BCUT2D eigenvalue weighted by atomic mass is 10.2. The minimum absolute atomic E-state index is 0.0762. The van der Waals surface area contributed by atoms with E-state index in [1.54, 1.807) is 24.1 Å². The van der Waals surface area contributed by atoms with E-state index in [-0.39, 0.29) is 30.0 Å². The van der Waals surface area contributed by atoms with Crippen molar-refractivity contribution in [3.63, 3.8) is 0 Å². The van der Waals surface area contributed by atoms with Crippen LogP contribution in [0.3, 0.4) is 0 Å². The van der Waals surface area contributed by atoms with Crippen LogP contribution in [0.25, 0.3) is 0 Å². The molecule has 28 heavy (non-hydrogen) atoms. The molecule has 1 unspecified atom stereocenters. The molecule has 3 rings (SSSR count). The van der Waals surface area contributed by atoms with Crippen LogP contribution in [0.2, 0.25) is 0 Å². The van der Waals surface area contributed by atoms with Crippen LogP contribution in [0.4, 0.5) is 5.69 Å². The number of hydrogen-bond donors (Lipinski definition) is 1. The molecule has 1 atom stereocenters. The monoisotopic (exact) mass is 420 g/mol. The van der Waals surface area contributed by atoms with Crippen molar-refractivity contribution in [3.8, 4) is 0 Å².